The summed E-state index contributed by atoms with van der Waals surface area (Å²) in [5.41, 5.74) is 20.2. The van der Waals surface area contributed by atoms with Crippen molar-refractivity contribution in [3.63, 3.8) is 0 Å². The molecule has 0 aromatic heterocycles. The summed E-state index contributed by atoms with van der Waals surface area (Å²) >= 11 is 0. The van der Waals surface area contributed by atoms with Gasteiger partial charge in [0.25, 0.3) is 0 Å². The Morgan fingerprint density at radius 1 is 1.47 bits per heavy atom. The Morgan fingerprint density at radius 2 is 2.07 bits per heavy atom. The molecule has 78 valence electrons. The third kappa shape index (κ3) is 2.98. The van der Waals surface area contributed by atoms with Crippen LogP contribution in [0.1, 0.15) is 22.0 Å². The molecule has 1 aromatic carbocycles. The van der Waals surface area contributed by atoms with Crippen molar-refractivity contribution in [3.8, 4) is 0 Å². The first-order valence-corrected chi connectivity index (χ1v) is 4.31. The van der Waals surface area contributed by atoms with E-state index in [0.717, 1.165) is 5.56 Å². The summed E-state index contributed by atoms with van der Waals surface area (Å²) in [6, 6.07) is 6.21. The van der Waals surface area contributed by atoms with Crippen LogP contribution in [0.25, 0.3) is 10.4 Å². The molecule has 1 rings (SSSR count). The normalized spacial score (nSPS) is 11.5. The van der Waals surface area contributed by atoms with Crippen molar-refractivity contribution in [1.29, 1.82) is 0 Å². The molecule has 0 aliphatic carbocycles. The van der Waals surface area contributed by atoms with Gasteiger partial charge in [-0.25, -0.2) is 0 Å². The molecule has 1 aromatic rings. The second-order valence-electron chi connectivity index (χ2n) is 3.01. The molecule has 0 heterocycles. The van der Waals surface area contributed by atoms with Gasteiger partial charge in [0.1, 0.15) is 0 Å². The summed E-state index contributed by atoms with van der Waals surface area (Å²) in [5, 5.41) is 3.37. The van der Waals surface area contributed by atoms with Gasteiger partial charge in [-0.1, -0.05) is 17.2 Å². The lowest BCUT2D eigenvalue weighted by molar-refractivity contribution is 0.100. The Morgan fingerprint density at radius 3 is 2.53 bits per heavy atom. The zero-order chi connectivity index (χ0) is 11.3. The van der Waals surface area contributed by atoms with Crippen molar-refractivity contribution < 1.29 is 4.79 Å². The molecule has 1 atom stereocenters. The molecule has 0 fully saturated rings. The highest BCUT2D eigenvalue weighted by Crippen LogP contribution is 2.11. The molecule has 0 aliphatic rings. The van der Waals surface area contributed by atoms with Gasteiger partial charge in [0.15, 0.2) is 0 Å². The van der Waals surface area contributed by atoms with E-state index in [1.54, 1.807) is 24.3 Å². The van der Waals surface area contributed by atoms with Crippen LogP contribution in [-0.2, 0) is 0 Å². The lowest BCUT2D eigenvalue weighted by Gasteiger charge is -2.08. The summed E-state index contributed by atoms with van der Waals surface area (Å²) in [7, 11) is 0. The molecule has 4 N–H and O–H groups in total. The fourth-order valence-electron chi connectivity index (χ4n) is 1.12. The summed E-state index contributed by atoms with van der Waals surface area (Å²) in [5.74, 6) is -0.481. The molecule has 0 saturated heterocycles. The van der Waals surface area contributed by atoms with Gasteiger partial charge in [0.2, 0.25) is 5.91 Å². The largest absolute Gasteiger partial charge is 0.366 e. The van der Waals surface area contributed by atoms with Gasteiger partial charge in [-0.15, -0.1) is 0 Å². The number of hydrogen-bond acceptors (Lipinski definition) is 3. The maximum atomic E-state index is 10.8. The lowest BCUT2D eigenvalue weighted by atomic mass is 10.1. The average molecular weight is 205 g/mol. The molecule has 6 heteroatoms. The molecule has 1 amide bonds. The third-order valence-corrected chi connectivity index (χ3v) is 1.96. The molecule has 6 nitrogen and oxygen atoms in total. The number of amides is 1. The molecule has 1 unspecified atom stereocenters. The highest BCUT2D eigenvalue weighted by molar-refractivity contribution is 5.92. The molecule has 0 aliphatic heterocycles. The monoisotopic (exact) mass is 205 g/mol. The minimum atomic E-state index is -0.481. The third-order valence-electron chi connectivity index (χ3n) is 1.96. The van der Waals surface area contributed by atoms with E-state index in [4.69, 9.17) is 17.0 Å². The van der Waals surface area contributed by atoms with Crippen molar-refractivity contribution in [2.24, 2.45) is 16.6 Å². The minimum absolute atomic E-state index is 0.187. The van der Waals surface area contributed by atoms with Gasteiger partial charge in [0.05, 0.1) is 0 Å². The van der Waals surface area contributed by atoms with Crippen LogP contribution >= 0.6 is 0 Å². The zero-order valence-corrected chi connectivity index (χ0v) is 8.00. The number of carbonyl (C=O) groups is 1. The maximum absolute atomic E-state index is 10.8. The number of azide groups is 1. The quantitative estimate of drug-likeness (QED) is 0.434. The summed E-state index contributed by atoms with van der Waals surface area (Å²) in [4.78, 5) is 13.4. The fraction of sp³-hybridized carbons (Fsp3) is 0.222. The van der Waals surface area contributed by atoms with Crippen LogP contribution in [-0.4, -0.2) is 12.5 Å². The number of primary amides is 1. The molecule has 15 heavy (non-hydrogen) atoms. The van der Waals surface area contributed by atoms with Crippen LogP contribution in [0.3, 0.4) is 0 Å². The van der Waals surface area contributed by atoms with Gasteiger partial charge >= 0.3 is 0 Å². The van der Waals surface area contributed by atoms with Crippen molar-refractivity contribution in [3.05, 3.63) is 45.8 Å². The van der Waals surface area contributed by atoms with Crippen molar-refractivity contribution in [2.45, 2.75) is 6.04 Å². The van der Waals surface area contributed by atoms with Crippen LogP contribution < -0.4 is 11.5 Å². The number of nitrogens with two attached hydrogens (primary N) is 2. The molecule has 0 radical (unpaired) electrons. The zero-order valence-electron chi connectivity index (χ0n) is 8.00. The second kappa shape index (κ2) is 4.99. The number of carbonyl (C=O) groups excluding carboxylic acids is 1. The second-order valence-corrected chi connectivity index (χ2v) is 3.01. The Hall–Kier alpha value is -2.04. The highest BCUT2D eigenvalue weighted by Gasteiger charge is 2.05. The topological polar surface area (TPSA) is 118 Å². The first-order valence-electron chi connectivity index (χ1n) is 4.31. The predicted molar refractivity (Wildman–Crippen MR) is 55.9 cm³/mol. The van der Waals surface area contributed by atoms with E-state index in [-0.39, 0.29) is 12.6 Å². The molecule has 0 saturated carbocycles. The minimum Gasteiger partial charge on any atom is -0.366 e. The van der Waals surface area contributed by atoms with Crippen LogP contribution in [0.15, 0.2) is 29.4 Å². The van der Waals surface area contributed by atoms with Crippen LogP contribution in [0.2, 0.25) is 0 Å². The van der Waals surface area contributed by atoms with Gasteiger partial charge < -0.3 is 11.5 Å². The number of rotatable bonds is 4. The van der Waals surface area contributed by atoms with E-state index < -0.39 is 5.91 Å². The van der Waals surface area contributed by atoms with E-state index >= 15 is 0 Å². The Bertz CT molecular complexity index is 393. The molecule has 0 bridgehead atoms. The average Bonchev–Trinajstić information content (AvgIpc) is 2.26. The Labute approximate surface area is 86.5 Å². The van der Waals surface area contributed by atoms with Gasteiger partial charge in [0, 0.05) is 23.1 Å². The molecule has 0 spiro atoms. The van der Waals surface area contributed by atoms with Crippen molar-refractivity contribution in [2.75, 3.05) is 6.54 Å². The maximum Gasteiger partial charge on any atom is 0.248 e. The van der Waals surface area contributed by atoms with E-state index in [2.05, 4.69) is 10.0 Å². The number of benzene rings is 1. The van der Waals surface area contributed by atoms with E-state index in [1.165, 1.54) is 0 Å². The van der Waals surface area contributed by atoms with Crippen LogP contribution in [0.4, 0.5) is 0 Å². The summed E-state index contributed by atoms with van der Waals surface area (Å²) < 4.78 is 0. The Balaban J connectivity index is 2.79. The SMILES string of the molecule is [N-]=[N+]=NCC(N)c1ccc(C(N)=O)cc1. The molecular formula is C9H11N5O. The number of nitrogens with zero attached hydrogens (tertiary/aromatic N) is 3. The van der Waals surface area contributed by atoms with Gasteiger partial charge in [-0.2, -0.15) is 0 Å². The summed E-state index contributed by atoms with van der Waals surface area (Å²) in [6.45, 7) is 0.187. The first kappa shape index (κ1) is 11.0. The van der Waals surface area contributed by atoms with E-state index in [0.29, 0.717) is 5.56 Å². The van der Waals surface area contributed by atoms with Gasteiger partial charge in [-0.3, -0.25) is 4.79 Å². The highest BCUT2D eigenvalue weighted by atomic mass is 16.1. The standard InChI is InChI=1S/C9H11N5O/c10-8(5-13-14-12)6-1-3-7(4-2-6)9(11)15/h1-4,8H,5,10H2,(H2,11,15). The predicted octanol–water partition coefficient (Wildman–Crippen LogP) is 1.10. The Kier molecular flexibility index (Phi) is 3.68. The van der Waals surface area contributed by atoms with Crippen molar-refractivity contribution in [1.82, 2.24) is 0 Å². The fourth-order valence-corrected chi connectivity index (χ4v) is 1.12. The summed E-state index contributed by atoms with van der Waals surface area (Å²) in [6.07, 6.45) is 0. The number of hydrogen-bond donors (Lipinski definition) is 2. The first-order chi connectivity index (χ1) is 7.15. The van der Waals surface area contributed by atoms with Crippen molar-refractivity contribution >= 4 is 5.91 Å². The molecular weight excluding hydrogens is 194 g/mol. The van der Waals surface area contributed by atoms with Crippen LogP contribution in [0.5, 0.6) is 0 Å². The van der Waals surface area contributed by atoms with E-state index in [1.807, 2.05) is 0 Å². The lowest BCUT2D eigenvalue weighted by Crippen LogP contribution is -2.14. The smallest absolute Gasteiger partial charge is 0.248 e. The van der Waals surface area contributed by atoms with Crippen LogP contribution in [0, 0.1) is 0 Å². The van der Waals surface area contributed by atoms with Gasteiger partial charge in [-0.05, 0) is 23.2 Å². The van der Waals surface area contributed by atoms with E-state index in [9.17, 15) is 4.79 Å².